The van der Waals surface area contributed by atoms with E-state index in [4.69, 9.17) is 16.3 Å². The van der Waals surface area contributed by atoms with Gasteiger partial charge in [-0.1, -0.05) is 11.6 Å². The fraction of sp³-hybridized carbons (Fsp3) is 0.364. The van der Waals surface area contributed by atoms with Crippen molar-refractivity contribution >= 4 is 40.5 Å². The van der Waals surface area contributed by atoms with Crippen LogP contribution >= 0.6 is 11.6 Å². The minimum atomic E-state index is -0.556. The summed E-state index contributed by atoms with van der Waals surface area (Å²) in [4.78, 5) is 29.0. The van der Waals surface area contributed by atoms with E-state index in [0.29, 0.717) is 22.1 Å². The molecule has 158 valence electrons. The molecular weight excluding hydrogens is 409 g/mol. The number of carbonyl (C=O) groups is 2. The number of amides is 2. The Morgan fingerprint density at radius 3 is 2.70 bits per heavy atom. The largest absolute Gasteiger partial charge is 0.495 e. The Bertz CT molecular complexity index is 978. The normalized spacial score (nSPS) is 18.8. The van der Waals surface area contributed by atoms with E-state index < -0.39 is 11.7 Å². The van der Waals surface area contributed by atoms with E-state index in [2.05, 4.69) is 10.2 Å². The van der Waals surface area contributed by atoms with Gasteiger partial charge in [0.25, 0.3) is 0 Å². The number of halogens is 2. The highest BCUT2D eigenvalue weighted by Gasteiger charge is 2.36. The first-order valence-electron chi connectivity index (χ1n) is 9.95. The fourth-order valence-corrected chi connectivity index (χ4v) is 4.20. The fourth-order valence-electron chi connectivity index (χ4n) is 4.04. The molecule has 1 atom stereocenters. The molecule has 2 aliphatic rings. The van der Waals surface area contributed by atoms with Crippen molar-refractivity contribution in [1.82, 2.24) is 0 Å². The van der Waals surface area contributed by atoms with Crippen molar-refractivity contribution in [2.24, 2.45) is 5.92 Å². The molecule has 2 aromatic carbocycles. The number of benzene rings is 2. The maximum atomic E-state index is 14.1. The van der Waals surface area contributed by atoms with Gasteiger partial charge in [0.1, 0.15) is 11.6 Å². The van der Waals surface area contributed by atoms with E-state index in [9.17, 15) is 14.0 Å². The van der Waals surface area contributed by atoms with Crippen molar-refractivity contribution in [2.75, 3.05) is 41.9 Å². The van der Waals surface area contributed by atoms with E-state index in [-0.39, 0.29) is 24.8 Å². The van der Waals surface area contributed by atoms with Crippen LogP contribution in [0.5, 0.6) is 5.75 Å². The van der Waals surface area contributed by atoms with Crippen molar-refractivity contribution in [3.63, 3.8) is 0 Å². The third-order valence-electron chi connectivity index (χ3n) is 5.55. The summed E-state index contributed by atoms with van der Waals surface area (Å²) in [5.41, 5.74) is 1.69. The lowest BCUT2D eigenvalue weighted by Gasteiger charge is -2.20. The van der Waals surface area contributed by atoms with Gasteiger partial charge in [-0.3, -0.25) is 9.59 Å². The van der Waals surface area contributed by atoms with E-state index in [1.807, 2.05) is 0 Å². The highest BCUT2D eigenvalue weighted by atomic mass is 35.5. The predicted octanol–water partition coefficient (Wildman–Crippen LogP) is 4.08. The molecule has 0 aromatic heterocycles. The van der Waals surface area contributed by atoms with Crippen LogP contribution in [0.15, 0.2) is 36.4 Å². The highest BCUT2D eigenvalue weighted by Crippen LogP contribution is 2.35. The van der Waals surface area contributed by atoms with Crippen LogP contribution in [0.2, 0.25) is 5.02 Å². The van der Waals surface area contributed by atoms with Gasteiger partial charge < -0.3 is 19.9 Å². The minimum Gasteiger partial charge on any atom is -0.495 e. The second-order valence-corrected chi connectivity index (χ2v) is 8.04. The maximum Gasteiger partial charge on any atom is 0.229 e. The maximum absolute atomic E-state index is 14.1. The molecule has 2 amide bonds. The van der Waals surface area contributed by atoms with E-state index in [0.717, 1.165) is 31.6 Å². The zero-order chi connectivity index (χ0) is 21.3. The molecule has 0 bridgehead atoms. The summed E-state index contributed by atoms with van der Waals surface area (Å²) in [7, 11) is 1.51. The van der Waals surface area contributed by atoms with Crippen molar-refractivity contribution in [3.8, 4) is 5.75 Å². The van der Waals surface area contributed by atoms with Crippen LogP contribution in [-0.2, 0) is 9.59 Å². The summed E-state index contributed by atoms with van der Waals surface area (Å²) < 4.78 is 19.4. The summed E-state index contributed by atoms with van der Waals surface area (Å²) in [6.45, 7) is 1.96. The van der Waals surface area contributed by atoms with Gasteiger partial charge in [-0.2, -0.15) is 0 Å². The topological polar surface area (TPSA) is 61.9 Å². The molecule has 2 fully saturated rings. The Hall–Kier alpha value is -2.80. The Labute approximate surface area is 179 Å². The number of methoxy groups -OCH3 is 1. The summed E-state index contributed by atoms with van der Waals surface area (Å²) in [6, 6.07) is 9.56. The Kier molecular flexibility index (Phi) is 5.81. The molecule has 30 heavy (non-hydrogen) atoms. The lowest BCUT2D eigenvalue weighted by molar-refractivity contribution is -0.122. The number of rotatable bonds is 5. The number of carbonyl (C=O) groups excluding carboxylic acids is 2. The quantitative estimate of drug-likeness (QED) is 0.774. The standard InChI is InChI=1S/C22H23ClFN3O3/c1-30-20-5-4-15(23)9-19(20)27-13-14(8-21(27)28)22(29)25-17-10-16(24)11-18(12-17)26-6-2-3-7-26/h4-5,9-12,14H,2-3,6-8,13H2,1H3,(H,25,29). The van der Waals surface area contributed by atoms with Gasteiger partial charge in [-0.25, -0.2) is 4.39 Å². The molecule has 4 rings (SSSR count). The number of nitrogens with one attached hydrogen (secondary N) is 1. The molecular formula is C22H23ClFN3O3. The van der Waals surface area contributed by atoms with E-state index in [1.165, 1.54) is 24.1 Å². The third-order valence-corrected chi connectivity index (χ3v) is 5.78. The van der Waals surface area contributed by atoms with Gasteiger partial charge in [0, 0.05) is 42.5 Å². The molecule has 1 N–H and O–H groups in total. The van der Waals surface area contributed by atoms with Gasteiger partial charge in [-0.05, 0) is 49.2 Å². The molecule has 0 radical (unpaired) electrons. The number of nitrogens with zero attached hydrogens (tertiary/aromatic N) is 2. The van der Waals surface area contributed by atoms with E-state index >= 15 is 0 Å². The lowest BCUT2D eigenvalue weighted by atomic mass is 10.1. The molecule has 2 aliphatic heterocycles. The summed E-state index contributed by atoms with van der Waals surface area (Å²) >= 11 is 6.08. The average Bonchev–Trinajstić information content (AvgIpc) is 3.37. The number of hydrogen-bond donors (Lipinski definition) is 1. The molecule has 0 aliphatic carbocycles. The zero-order valence-corrected chi connectivity index (χ0v) is 17.4. The summed E-state index contributed by atoms with van der Waals surface area (Å²) in [5.74, 6) is -0.950. The SMILES string of the molecule is COc1ccc(Cl)cc1N1CC(C(=O)Nc2cc(F)cc(N3CCCC3)c2)CC1=O. The molecule has 6 nitrogen and oxygen atoms in total. The van der Waals surface area contributed by atoms with Crippen molar-refractivity contribution in [3.05, 3.63) is 47.2 Å². The number of hydrogen-bond acceptors (Lipinski definition) is 4. The van der Waals surface area contributed by atoms with Crippen LogP contribution in [0, 0.1) is 11.7 Å². The summed E-state index contributed by atoms with van der Waals surface area (Å²) in [5, 5.41) is 3.25. The third kappa shape index (κ3) is 4.21. The van der Waals surface area contributed by atoms with Gasteiger partial charge in [-0.15, -0.1) is 0 Å². The van der Waals surface area contributed by atoms with Gasteiger partial charge in [0.15, 0.2) is 0 Å². The highest BCUT2D eigenvalue weighted by molar-refractivity contribution is 6.31. The van der Waals surface area contributed by atoms with Crippen molar-refractivity contribution in [2.45, 2.75) is 19.3 Å². The van der Waals surface area contributed by atoms with Crippen LogP contribution < -0.4 is 19.9 Å². The predicted molar refractivity (Wildman–Crippen MR) is 115 cm³/mol. The Morgan fingerprint density at radius 1 is 1.20 bits per heavy atom. The second-order valence-electron chi connectivity index (χ2n) is 7.60. The lowest BCUT2D eigenvalue weighted by Crippen LogP contribution is -2.28. The molecule has 8 heteroatoms. The monoisotopic (exact) mass is 431 g/mol. The van der Waals surface area contributed by atoms with Gasteiger partial charge in [0.2, 0.25) is 11.8 Å². The van der Waals surface area contributed by atoms with Gasteiger partial charge in [0.05, 0.1) is 18.7 Å². The molecule has 2 heterocycles. The number of anilines is 3. The molecule has 2 aromatic rings. The van der Waals surface area contributed by atoms with Crippen LogP contribution in [0.1, 0.15) is 19.3 Å². The van der Waals surface area contributed by atoms with Gasteiger partial charge >= 0.3 is 0 Å². The first-order valence-corrected chi connectivity index (χ1v) is 10.3. The molecule has 0 spiro atoms. The molecule has 0 saturated carbocycles. The Morgan fingerprint density at radius 2 is 1.97 bits per heavy atom. The zero-order valence-electron chi connectivity index (χ0n) is 16.7. The van der Waals surface area contributed by atoms with Crippen LogP contribution in [0.3, 0.4) is 0 Å². The van der Waals surface area contributed by atoms with Crippen LogP contribution in [0.4, 0.5) is 21.5 Å². The minimum absolute atomic E-state index is 0.0653. The van der Waals surface area contributed by atoms with E-state index in [1.54, 1.807) is 24.3 Å². The molecule has 1 unspecified atom stereocenters. The molecule has 2 saturated heterocycles. The smallest absolute Gasteiger partial charge is 0.229 e. The second kappa shape index (κ2) is 8.52. The van der Waals surface area contributed by atoms with Crippen LogP contribution in [-0.4, -0.2) is 38.6 Å². The van der Waals surface area contributed by atoms with Crippen LogP contribution in [0.25, 0.3) is 0 Å². The first kappa shape index (κ1) is 20.5. The Balaban J connectivity index is 1.49. The number of ether oxygens (including phenoxy) is 1. The van der Waals surface area contributed by atoms with Crippen molar-refractivity contribution in [1.29, 1.82) is 0 Å². The first-order chi connectivity index (χ1) is 14.4. The van der Waals surface area contributed by atoms with Crippen molar-refractivity contribution < 1.29 is 18.7 Å². The summed E-state index contributed by atoms with van der Waals surface area (Å²) in [6.07, 6.45) is 2.21. The average molecular weight is 432 g/mol.